The minimum atomic E-state index is 0.00967. The molecule has 172 valence electrons. The second-order valence-corrected chi connectivity index (χ2v) is 9.56. The van der Waals surface area contributed by atoms with Crippen LogP contribution in [0.5, 0.6) is 0 Å². The molecule has 2 fully saturated rings. The number of rotatable bonds is 6. The molecular weight excluding hydrogens is 447 g/mol. The largest absolute Gasteiger partial charge is 0.395 e. The third-order valence-electron chi connectivity index (χ3n) is 6.91. The van der Waals surface area contributed by atoms with Crippen molar-refractivity contribution in [3.8, 4) is 0 Å². The number of carbonyl (C=O) groups excluding carboxylic acids is 1. The summed E-state index contributed by atoms with van der Waals surface area (Å²) in [4.78, 5) is 17.0. The number of halogens is 2. The fourth-order valence-corrected chi connectivity index (χ4v) is 5.30. The third-order valence-corrected chi connectivity index (χ3v) is 7.64. The first-order valence-corrected chi connectivity index (χ1v) is 12.1. The lowest BCUT2D eigenvalue weighted by Gasteiger charge is -2.43. The Morgan fingerprint density at radius 1 is 1.12 bits per heavy atom. The van der Waals surface area contributed by atoms with Gasteiger partial charge in [0, 0.05) is 43.0 Å². The molecule has 0 aliphatic carbocycles. The van der Waals surface area contributed by atoms with Crippen molar-refractivity contribution in [1.82, 2.24) is 20.0 Å². The van der Waals surface area contributed by atoms with Crippen molar-refractivity contribution in [2.24, 2.45) is 5.92 Å². The summed E-state index contributed by atoms with van der Waals surface area (Å²) in [5.74, 6) is 0.942. The molecule has 3 heterocycles. The van der Waals surface area contributed by atoms with Crippen LogP contribution in [-0.2, 0) is 4.79 Å². The Labute approximate surface area is 199 Å². The van der Waals surface area contributed by atoms with E-state index >= 15 is 0 Å². The highest BCUT2D eigenvalue weighted by Crippen LogP contribution is 2.31. The number of likely N-dealkylation sites (tertiary alicyclic amines) is 2. The van der Waals surface area contributed by atoms with E-state index in [-0.39, 0.29) is 18.6 Å². The lowest BCUT2D eigenvalue weighted by atomic mass is 9.86. The number of nitrogens with one attached hydrogen (secondary N) is 1. The van der Waals surface area contributed by atoms with Gasteiger partial charge in [-0.2, -0.15) is 5.10 Å². The van der Waals surface area contributed by atoms with Crippen LogP contribution >= 0.6 is 23.2 Å². The van der Waals surface area contributed by atoms with E-state index in [2.05, 4.69) is 21.2 Å². The molecule has 1 unspecified atom stereocenters. The summed E-state index contributed by atoms with van der Waals surface area (Å²) < 4.78 is 0. The third kappa shape index (κ3) is 5.54. The maximum Gasteiger partial charge on any atom is 0.246 e. The van der Waals surface area contributed by atoms with E-state index < -0.39 is 0 Å². The van der Waals surface area contributed by atoms with Gasteiger partial charge in [-0.1, -0.05) is 29.3 Å². The summed E-state index contributed by atoms with van der Waals surface area (Å²) in [6.07, 6.45) is 9.18. The number of hydrogen-bond donors (Lipinski definition) is 2. The van der Waals surface area contributed by atoms with Crippen LogP contribution in [-0.4, -0.2) is 69.8 Å². The number of amides is 1. The van der Waals surface area contributed by atoms with Gasteiger partial charge in [0.15, 0.2) is 0 Å². The van der Waals surface area contributed by atoms with E-state index in [0.29, 0.717) is 21.9 Å². The van der Waals surface area contributed by atoms with Crippen LogP contribution < -0.4 is 0 Å². The predicted molar refractivity (Wildman–Crippen MR) is 128 cm³/mol. The highest BCUT2D eigenvalue weighted by atomic mass is 35.5. The fourth-order valence-electron chi connectivity index (χ4n) is 4.99. The van der Waals surface area contributed by atoms with E-state index in [9.17, 15) is 9.90 Å². The molecule has 2 aliphatic heterocycles. The Morgan fingerprint density at radius 2 is 1.88 bits per heavy atom. The van der Waals surface area contributed by atoms with Gasteiger partial charge in [0.2, 0.25) is 5.91 Å². The first-order chi connectivity index (χ1) is 15.5. The van der Waals surface area contributed by atoms with E-state index in [1.165, 1.54) is 5.69 Å². The van der Waals surface area contributed by atoms with Gasteiger partial charge >= 0.3 is 0 Å². The number of H-pyrrole nitrogens is 1. The topological polar surface area (TPSA) is 72.5 Å². The zero-order valence-electron chi connectivity index (χ0n) is 18.1. The van der Waals surface area contributed by atoms with Gasteiger partial charge in [0.25, 0.3) is 0 Å². The van der Waals surface area contributed by atoms with Crippen molar-refractivity contribution in [2.75, 3.05) is 32.8 Å². The standard InChI is InChI=1S/C24H30Cl2N4O2/c25-20-3-1-17(15-21(20)26)2-4-24(32)30-13-8-19(9-14-30)23(16-31)29-11-6-18(7-12-29)22-5-10-27-28-22/h1-5,10,15,18-19,23,31H,6-9,11-14,16H2,(H,27,28)/b4-2+. The molecule has 2 saturated heterocycles. The van der Waals surface area contributed by atoms with E-state index in [1.807, 2.05) is 17.2 Å². The summed E-state index contributed by atoms with van der Waals surface area (Å²) in [5.41, 5.74) is 2.06. The number of aromatic amines is 1. The molecule has 2 aliphatic rings. The van der Waals surface area contributed by atoms with E-state index in [4.69, 9.17) is 23.2 Å². The molecule has 1 aromatic carbocycles. The van der Waals surface area contributed by atoms with Crippen LogP contribution in [0.15, 0.2) is 36.5 Å². The zero-order chi connectivity index (χ0) is 22.5. The summed E-state index contributed by atoms with van der Waals surface area (Å²) in [6.45, 7) is 3.58. The smallest absolute Gasteiger partial charge is 0.246 e. The first kappa shape index (κ1) is 23.3. The molecule has 1 atom stereocenters. The molecule has 4 rings (SSSR count). The Hall–Kier alpha value is -1.86. The molecular formula is C24H30Cl2N4O2. The summed E-state index contributed by atoms with van der Waals surface area (Å²) in [7, 11) is 0. The molecule has 32 heavy (non-hydrogen) atoms. The lowest BCUT2D eigenvalue weighted by molar-refractivity contribution is -0.127. The molecule has 1 aromatic heterocycles. The van der Waals surface area contributed by atoms with Crippen molar-refractivity contribution in [3.05, 3.63) is 57.8 Å². The molecule has 1 amide bonds. The normalized spacial score (nSPS) is 20.2. The predicted octanol–water partition coefficient (Wildman–Crippen LogP) is 4.21. The molecule has 2 aromatic rings. The van der Waals surface area contributed by atoms with Crippen LogP contribution in [0, 0.1) is 5.92 Å². The summed E-state index contributed by atoms with van der Waals surface area (Å²) in [6, 6.07) is 7.55. The number of carbonyl (C=O) groups is 1. The Kier molecular flexibility index (Phi) is 7.89. The second-order valence-electron chi connectivity index (χ2n) is 8.74. The van der Waals surface area contributed by atoms with Crippen LogP contribution in [0.1, 0.15) is 42.9 Å². The quantitative estimate of drug-likeness (QED) is 0.612. The van der Waals surface area contributed by atoms with Gasteiger partial charge in [-0.15, -0.1) is 0 Å². The average Bonchev–Trinajstić information content (AvgIpc) is 3.36. The minimum Gasteiger partial charge on any atom is -0.395 e. The monoisotopic (exact) mass is 476 g/mol. The van der Waals surface area contributed by atoms with Crippen molar-refractivity contribution in [1.29, 1.82) is 0 Å². The van der Waals surface area contributed by atoms with Crippen LogP contribution in [0.25, 0.3) is 6.08 Å². The molecule has 6 nitrogen and oxygen atoms in total. The van der Waals surface area contributed by atoms with Gasteiger partial charge in [-0.3, -0.25) is 14.8 Å². The minimum absolute atomic E-state index is 0.00967. The molecule has 0 bridgehead atoms. The number of aliphatic hydroxyl groups is 1. The SMILES string of the molecule is O=C(/C=C/c1ccc(Cl)c(Cl)c1)N1CCC(C(CO)N2CCC(c3ccn[nH]3)CC2)CC1. The van der Waals surface area contributed by atoms with Crippen molar-refractivity contribution in [2.45, 2.75) is 37.6 Å². The second kappa shape index (κ2) is 10.8. The number of aromatic nitrogens is 2. The van der Waals surface area contributed by atoms with E-state index in [1.54, 1.807) is 24.3 Å². The van der Waals surface area contributed by atoms with E-state index in [0.717, 1.165) is 57.4 Å². The highest BCUT2D eigenvalue weighted by molar-refractivity contribution is 6.42. The maximum absolute atomic E-state index is 12.6. The lowest BCUT2D eigenvalue weighted by Crippen LogP contribution is -2.50. The Bertz CT molecular complexity index is 918. The molecule has 0 saturated carbocycles. The van der Waals surface area contributed by atoms with Crippen LogP contribution in [0.4, 0.5) is 0 Å². The number of piperidine rings is 2. The number of hydrogen-bond acceptors (Lipinski definition) is 4. The highest BCUT2D eigenvalue weighted by Gasteiger charge is 2.33. The van der Waals surface area contributed by atoms with Crippen molar-refractivity contribution in [3.63, 3.8) is 0 Å². The molecule has 0 spiro atoms. The summed E-state index contributed by atoms with van der Waals surface area (Å²) in [5, 5.41) is 18.3. The van der Waals surface area contributed by atoms with Gasteiger partial charge in [-0.25, -0.2) is 0 Å². The van der Waals surface area contributed by atoms with Crippen LogP contribution in [0.2, 0.25) is 10.0 Å². The zero-order valence-corrected chi connectivity index (χ0v) is 19.6. The number of aliphatic hydroxyl groups excluding tert-OH is 1. The summed E-state index contributed by atoms with van der Waals surface area (Å²) >= 11 is 12.0. The van der Waals surface area contributed by atoms with Gasteiger partial charge in [-0.05, 0) is 74.5 Å². The Balaban J connectivity index is 1.27. The molecule has 0 radical (unpaired) electrons. The fraction of sp³-hybridized carbons (Fsp3) is 0.500. The van der Waals surface area contributed by atoms with Gasteiger partial charge < -0.3 is 10.0 Å². The van der Waals surface area contributed by atoms with Crippen LogP contribution in [0.3, 0.4) is 0 Å². The van der Waals surface area contributed by atoms with Crippen molar-refractivity contribution < 1.29 is 9.90 Å². The van der Waals surface area contributed by atoms with Gasteiger partial charge in [0.05, 0.1) is 16.7 Å². The molecule has 8 heteroatoms. The van der Waals surface area contributed by atoms with Crippen molar-refractivity contribution >= 4 is 35.2 Å². The molecule has 2 N–H and O–H groups in total. The van der Waals surface area contributed by atoms with Gasteiger partial charge in [0.1, 0.15) is 0 Å². The maximum atomic E-state index is 12.6. The number of benzene rings is 1. The average molecular weight is 477 g/mol. The number of nitrogens with zero attached hydrogens (tertiary/aromatic N) is 3. The first-order valence-electron chi connectivity index (χ1n) is 11.3. The Morgan fingerprint density at radius 3 is 2.50 bits per heavy atom.